The molecule has 0 amide bonds. The van der Waals surface area contributed by atoms with Gasteiger partial charge in [0, 0.05) is 18.7 Å². The number of hydrogen-bond donors (Lipinski definition) is 1. The summed E-state index contributed by atoms with van der Waals surface area (Å²) >= 11 is 5.65. The summed E-state index contributed by atoms with van der Waals surface area (Å²) in [5, 5.41) is 0.137. The standard InChI is InChI=1S/C11H13ClN2O2S/c1-3-5-9(4-2)14-17(15,16)10-6-7-13-11(12)8-10/h1,6-9,14H,4-5H2,2H3. The van der Waals surface area contributed by atoms with E-state index in [1.54, 1.807) is 0 Å². The first-order valence-corrected chi connectivity index (χ1v) is 6.93. The third-order valence-electron chi connectivity index (χ3n) is 2.19. The van der Waals surface area contributed by atoms with Crippen molar-refractivity contribution in [2.24, 2.45) is 0 Å². The van der Waals surface area contributed by atoms with E-state index in [-0.39, 0.29) is 16.1 Å². The molecule has 0 aromatic carbocycles. The number of nitrogens with one attached hydrogen (secondary N) is 1. The Hall–Kier alpha value is -1.09. The molecule has 0 bridgehead atoms. The van der Waals surface area contributed by atoms with Crippen molar-refractivity contribution >= 4 is 21.6 Å². The van der Waals surface area contributed by atoms with Crippen LogP contribution in [0.4, 0.5) is 0 Å². The van der Waals surface area contributed by atoms with Crippen LogP contribution < -0.4 is 4.72 Å². The van der Waals surface area contributed by atoms with Gasteiger partial charge in [0.25, 0.3) is 0 Å². The van der Waals surface area contributed by atoms with Crippen molar-refractivity contribution in [1.29, 1.82) is 0 Å². The number of pyridine rings is 1. The number of hydrogen-bond acceptors (Lipinski definition) is 3. The number of nitrogens with zero attached hydrogens (tertiary/aromatic N) is 1. The van der Waals surface area contributed by atoms with Crippen LogP contribution in [-0.2, 0) is 10.0 Å². The molecule has 6 heteroatoms. The van der Waals surface area contributed by atoms with Gasteiger partial charge in [0.2, 0.25) is 10.0 Å². The van der Waals surface area contributed by atoms with Gasteiger partial charge in [-0.1, -0.05) is 18.5 Å². The highest BCUT2D eigenvalue weighted by atomic mass is 35.5. The van der Waals surface area contributed by atoms with Gasteiger partial charge >= 0.3 is 0 Å². The normalized spacial score (nSPS) is 13.0. The first kappa shape index (κ1) is 14.0. The molecule has 0 aliphatic heterocycles. The van der Waals surface area contributed by atoms with Crippen molar-refractivity contribution in [2.75, 3.05) is 0 Å². The maximum atomic E-state index is 12.0. The van der Waals surface area contributed by atoms with Gasteiger partial charge in [-0.2, -0.15) is 0 Å². The largest absolute Gasteiger partial charge is 0.244 e. The van der Waals surface area contributed by atoms with Gasteiger partial charge in [-0.15, -0.1) is 12.3 Å². The minimum atomic E-state index is -3.59. The molecule has 0 radical (unpaired) electrons. The predicted molar refractivity (Wildman–Crippen MR) is 67.1 cm³/mol. The van der Waals surface area contributed by atoms with E-state index in [0.717, 1.165) is 0 Å². The Balaban J connectivity index is 2.93. The lowest BCUT2D eigenvalue weighted by Crippen LogP contribution is -2.34. The Morgan fingerprint density at radius 3 is 2.88 bits per heavy atom. The first-order valence-electron chi connectivity index (χ1n) is 5.07. The summed E-state index contributed by atoms with van der Waals surface area (Å²) in [6.45, 7) is 1.87. The molecule has 4 nitrogen and oxygen atoms in total. The SMILES string of the molecule is C#CCC(CC)NS(=O)(=O)c1ccnc(Cl)c1. The van der Waals surface area contributed by atoms with E-state index in [1.165, 1.54) is 18.3 Å². The smallest absolute Gasteiger partial charge is 0.241 e. The molecule has 17 heavy (non-hydrogen) atoms. The van der Waals surface area contributed by atoms with E-state index >= 15 is 0 Å². The third kappa shape index (κ3) is 4.00. The maximum Gasteiger partial charge on any atom is 0.241 e. The van der Waals surface area contributed by atoms with E-state index in [2.05, 4.69) is 15.6 Å². The fourth-order valence-corrected chi connectivity index (χ4v) is 2.82. The van der Waals surface area contributed by atoms with Gasteiger partial charge in [-0.3, -0.25) is 0 Å². The van der Waals surface area contributed by atoms with Gasteiger partial charge in [0.1, 0.15) is 5.15 Å². The van der Waals surface area contributed by atoms with Gasteiger partial charge in [-0.25, -0.2) is 18.1 Å². The number of halogens is 1. The summed E-state index contributed by atoms with van der Waals surface area (Å²) < 4.78 is 26.5. The van der Waals surface area contributed by atoms with Crippen molar-refractivity contribution in [1.82, 2.24) is 9.71 Å². The summed E-state index contributed by atoms with van der Waals surface area (Å²) in [7, 11) is -3.59. The summed E-state index contributed by atoms with van der Waals surface area (Å²) in [6, 6.07) is 2.42. The molecule has 0 saturated carbocycles. The molecule has 1 atom stereocenters. The third-order valence-corrected chi connectivity index (χ3v) is 3.91. The van der Waals surface area contributed by atoms with Gasteiger partial charge < -0.3 is 0 Å². The fourth-order valence-electron chi connectivity index (χ4n) is 1.25. The molecule has 1 heterocycles. The van der Waals surface area contributed by atoms with Crippen LogP contribution in [0.1, 0.15) is 19.8 Å². The van der Waals surface area contributed by atoms with Crippen LogP contribution in [0.25, 0.3) is 0 Å². The Labute approximate surface area is 106 Å². The van der Waals surface area contributed by atoms with E-state index < -0.39 is 10.0 Å². The minimum absolute atomic E-state index is 0.0907. The van der Waals surface area contributed by atoms with Crippen LogP contribution in [-0.4, -0.2) is 19.4 Å². The molecule has 0 aliphatic carbocycles. The van der Waals surface area contributed by atoms with Crippen LogP contribution in [0.5, 0.6) is 0 Å². The molecule has 0 aliphatic rings. The fraction of sp³-hybridized carbons (Fsp3) is 0.364. The lowest BCUT2D eigenvalue weighted by molar-refractivity contribution is 0.544. The average molecular weight is 273 g/mol. The highest BCUT2D eigenvalue weighted by Crippen LogP contribution is 2.14. The predicted octanol–water partition coefficient (Wildman–Crippen LogP) is 1.82. The van der Waals surface area contributed by atoms with E-state index in [9.17, 15) is 8.42 Å². The molecular weight excluding hydrogens is 260 g/mol. The van der Waals surface area contributed by atoms with Crippen molar-refractivity contribution in [3.8, 4) is 12.3 Å². The van der Waals surface area contributed by atoms with Crippen LogP contribution in [0, 0.1) is 12.3 Å². The number of terminal acetylenes is 1. The summed E-state index contributed by atoms with van der Waals surface area (Å²) in [5.74, 6) is 2.44. The van der Waals surface area contributed by atoms with Crippen LogP contribution >= 0.6 is 11.6 Å². The van der Waals surface area contributed by atoms with E-state index in [0.29, 0.717) is 12.8 Å². The maximum absolute atomic E-state index is 12.0. The second-order valence-corrected chi connectivity index (χ2v) is 5.55. The Kier molecular flexibility index (Phi) is 4.94. The quantitative estimate of drug-likeness (QED) is 0.657. The summed E-state index contributed by atoms with van der Waals surface area (Å²) in [4.78, 5) is 3.82. The van der Waals surface area contributed by atoms with E-state index in [1.807, 2.05) is 6.92 Å². The Morgan fingerprint density at radius 2 is 2.35 bits per heavy atom. The van der Waals surface area contributed by atoms with Gasteiger partial charge in [-0.05, 0) is 18.6 Å². The molecule has 1 N–H and O–H groups in total. The number of sulfonamides is 1. The van der Waals surface area contributed by atoms with Crippen LogP contribution in [0.3, 0.4) is 0 Å². The molecule has 0 spiro atoms. The zero-order valence-electron chi connectivity index (χ0n) is 9.35. The second-order valence-electron chi connectivity index (χ2n) is 3.45. The van der Waals surface area contributed by atoms with Gasteiger partial charge in [0.15, 0.2) is 0 Å². The number of aromatic nitrogens is 1. The molecule has 1 rings (SSSR count). The zero-order valence-corrected chi connectivity index (χ0v) is 10.9. The van der Waals surface area contributed by atoms with Crippen LogP contribution in [0.2, 0.25) is 5.15 Å². The lowest BCUT2D eigenvalue weighted by atomic mass is 10.2. The highest BCUT2D eigenvalue weighted by molar-refractivity contribution is 7.89. The minimum Gasteiger partial charge on any atom is -0.244 e. The first-order chi connectivity index (χ1) is 7.99. The molecule has 0 saturated heterocycles. The molecular formula is C11H13ClN2O2S. The van der Waals surface area contributed by atoms with Crippen molar-refractivity contribution in [2.45, 2.75) is 30.7 Å². The van der Waals surface area contributed by atoms with E-state index in [4.69, 9.17) is 18.0 Å². The van der Waals surface area contributed by atoms with Crippen molar-refractivity contribution < 1.29 is 8.42 Å². The Bertz CT molecular complexity index is 523. The monoisotopic (exact) mass is 272 g/mol. The molecule has 0 fully saturated rings. The molecule has 1 aromatic rings. The van der Waals surface area contributed by atoms with Crippen molar-refractivity contribution in [3.63, 3.8) is 0 Å². The molecule has 1 aromatic heterocycles. The average Bonchev–Trinajstić information content (AvgIpc) is 2.28. The number of rotatable bonds is 5. The highest BCUT2D eigenvalue weighted by Gasteiger charge is 2.18. The Morgan fingerprint density at radius 1 is 1.65 bits per heavy atom. The van der Waals surface area contributed by atoms with Crippen molar-refractivity contribution in [3.05, 3.63) is 23.5 Å². The summed E-state index contributed by atoms with van der Waals surface area (Å²) in [5.41, 5.74) is 0. The topological polar surface area (TPSA) is 59.1 Å². The molecule has 92 valence electrons. The lowest BCUT2D eigenvalue weighted by Gasteiger charge is -2.14. The summed E-state index contributed by atoms with van der Waals surface area (Å²) in [6.07, 6.45) is 7.50. The second kappa shape index (κ2) is 6.01. The molecule has 1 unspecified atom stereocenters. The van der Waals surface area contributed by atoms with Crippen LogP contribution in [0.15, 0.2) is 23.2 Å². The van der Waals surface area contributed by atoms with Gasteiger partial charge in [0.05, 0.1) is 4.90 Å². The zero-order chi connectivity index (χ0) is 12.9.